The van der Waals surface area contributed by atoms with Crippen LogP contribution in [0.5, 0.6) is 0 Å². The first-order valence-electron chi connectivity index (χ1n) is 6.37. The Bertz CT molecular complexity index is 507. The summed E-state index contributed by atoms with van der Waals surface area (Å²) in [6.07, 6.45) is 0. The minimum Gasteiger partial charge on any atom is -0.384 e. The highest BCUT2D eigenvalue weighted by atomic mass is 35.5. The number of aryl methyl sites for hydroxylation is 1. The molecule has 0 atom stereocenters. The van der Waals surface area contributed by atoms with Crippen LogP contribution in [0.2, 0.25) is 4.34 Å². The van der Waals surface area contributed by atoms with Crippen LogP contribution in [-0.4, -0.2) is 25.0 Å². The molecule has 0 saturated carbocycles. The van der Waals surface area contributed by atoms with Gasteiger partial charge in [-0.25, -0.2) is 0 Å². The van der Waals surface area contributed by atoms with Gasteiger partial charge in [0, 0.05) is 30.2 Å². The molecule has 0 aliphatic rings. The van der Waals surface area contributed by atoms with E-state index in [0.29, 0.717) is 0 Å². The Morgan fingerprint density at radius 1 is 1.16 bits per heavy atom. The van der Waals surface area contributed by atoms with Crippen molar-refractivity contribution in [2.24, 2.45) is 0 Å². The highest BCUT2D eigenvalue weighted by molar-refractivity contribution is 7.16. The molecule has 0 aliphatic heterocycles. The number of thiophene rings is 1. The number of halogens is 1. The summed E-state index contributed by atoms with van der Waals surface area (Å²) in [5.41, 5.74) is 2.47. The van der Waals surface area contributed by atoms with Gasteiger partial charge in [-0.2, -0.15) is 0 Å². The van der Waals surface area contributed by atoms with Crippen LogP contribution in [-0.2, 0) is 6.54 Å². The molecule has 2 nitrogen and oxygen atoms in total. The predicted molar refractivity (Wildman–Crippen MR) is 85.3 cm³/mol. The molecule has 102 valence electrons. The Morgan fingerprint density at radius 3 is 2.53 bits per heavy atom. The van der Waals surface area contributed by atoms with E-state index in [4.69, 9.17) is 11.6 Å². The van der Waals surface area contributed by atoms with Crippen LogP contribution in [0.3, 0.4) is 0 Å². The highest BCUT2D eigenvalue weighted by Crippen LogP contribution is 2.22. The van der Waals surface area contributed by atoms with Crippen molar-refractivity contribution in [2.45, 2.75) is 13.5 Å². The van der Waals surface area contributed by atoms with Crippen molar-refractivity contribution < 1.29 is 0 Å². The first kappa shape index (κ1) is 14.4. The lowest BCUT2D eigenvalue weighted by Crippen LogP contribution is -2.24. The Hall–Kier alpha value is -1.03. The van der Waals surface area contributed by atoms with Crippen LogP contribution in [0.4, 0.5) is 5.69 Å². The molecule has 4 heteroatoms. The zero-order valence-corrected chi connectivity index (χ0v) is 12.9. The fourth-order valence-electron chi connectivity index (χ4n) is 1.84. The molecule has 0 fully saturated rings. The number of nitrogens with zero attached hydrogens (tertiary/aromatic N) is 1. The van der Waals surface area contributed by atoms with Gasteiger partial charge in [0.2, 0.25) is 0 Å². The topological polar surface area (TPSA) is 15.3 Å². The lowest BCUT2D eigenvalue weighted by molar-refractivity contribution is 0.343. The Morgan fingerprint density at radius 2 is 1.89 bits per heavy atom. The van der Waals surface area contributed by atoms with Crippen molar-refractivity contribution in [1.82, 2.24) is 4.90 Å². The van der Waals surface area contributed by atoms with E-state index >= 15 is 0 Å². The first-order valence-corrected chi connectivity index (χ1v) is 7.56. The van der Waals surface area contributed by atoms with Gasteiger partial charge in [-0.15, -0.1) is 11.3 Å². The van der Waals surface area contributed by atoms with E-state index in [-0.39, 0.29) is 0 Å². The molecule has 2 aromatic rings. The molecule has 0 aliphatic carbocycles. The molecular weight excluding hydrogens is 276 g/mol. The van der Waals surface area contributed by atoms with Gasteiger partial charge in [-0.3, -0.25) is 4.90 Å². The summed E-state index contributed by atoms with van der Waals surface area (Å²) in [5, 5.41) is 3.43. The molecule has 0 spiro atoms. The summed E-state index contributed by atoms with van der Waals surface area (Å²) < 4.78 is 0.862. The van der Waals surface area contributed by atoms with Crippen LogP contribution in [0, 0.1) is 6.92 Å². The van der Waals surface area contributed by atoms with E-state index in [1.54, 1.807) is 11.3 Å². The van der Waals surface area contributed by atoms with Crippen LogP contribution >= 0.6 is 22.9 Å². The van der Waals surface area contributed by atoms with Gasteiger partial charge in [-0.05, 0) is 38.2 Å². The van der Waals surface area contributed by atoms with Gasteiger partial charge in [0.15, 0.2) is 0 Å². The zero-order chi connectivity index (χ0) is 13.7. The standard InChI is InChI=1S/C15H19ClN2S/c1-12-3-5-13(6-4-12)17-9-10-18(2)11-14-7-8-15(16)19-14/h3-8,17H,9-11H2,1-2H3. The summed E-state index contributed by atoms with van der Waals surface area (Å²) in [7, 11) is 2.13. The van der Waals surface area contributed by atoms with Gasteiger partial charge in [0.1, 0.15) is 0 Å². The second-order valence-electron chi connectivity index (χ2n) is 4.74. The largest absolute Gasteiger partial charge is 0.384 e. The normalized spacial score (nSPS) is 10.9. The number of hydrogen-bond donors (Lipinski definition) is 1. The third kappa shape index (κ3) is 4.86. The fraction of sp³-hybridized carbons (Fsp3) is 0.333. The van der Waals surface area contributed by atoms with Gasteiger partial charge >= 0.3 is 0 Å². The number of nitrogens with one attached hydrogen (secondary N) is 1. The summed E-state index contributed by atoms with van der Waals surface area (Å²) in [5.74, 6) is 0. The number of likely N-dealkylation sites (N-methyl/N-ethyl adjacent to an activating group) is 1. The lowest BCUT2D eigenvalue weighted by Gasteiger charge is -2.16. The molecular formula is C15H19ClN2S. The molecule has 19 heavy (non-hydrogen) atoms. The molecule has 0 amide bonds. The van der Waals surface area contributed by atoms with Crippen LogP contribution < -0.4 is 5.32 Å². The fourth-order valence-corrected chi connectivity index (χ4v) is 3.01. The third-order valence-corrected chi connectivity index (χ3v) is 4.14. The molecule has 0 saturated heterocycles. The minimum atomic E-state index is 0.862. The van der Waals surface area contributed by atoms with Crippen molar-refractivity contribution >= 4 is 28.6 Å². The average molecular weight is 295 g/mol. The second-order valence-corrected chi connectivity index (χ2v) is 6.54. The van der Waals surface area contributed by atoms with Crippen molar-refractivity contribution in [3.63, 3.8) is 0 Å². The smallest absolute Gasteiger partial charge is 0.0931 e. The Kier molecular flexibility index (Phi) is 5.25. The van der Waals surface area contributed by atoms with Crippen molar-refractivity contribution in [3.8, 4) is 0 Å². The summed E-state index contributed by atoms with van der Waals surface area (Å²) in [4.78, 5) is 3.60. The number of anilines is 1. The van der Waals surface area contributed by atoms with Gasteiger partial charge in [0.05, 0.1) is 4.34 Å². The van der Waals surface area contributed by atoms with E-state index in [2.05, 4.69) is 54.5 Å². The number of rotatable bonds is 6. The minimum absolute atomic E-state index is 0.862. The van der Waals surface area contributed by atoms with E-state index < -0.39 is 0 Å². The highest BCUT2D eigenvalue weighted by Gasteiger charge is 2.02. The Labute approximate surface area is 124 Å². The lowest BCUT2D eigenvalue weighted by atomic mass is 10.2. The number of benzene rings is 1. The maximum atomic E-state index is 5.93. The molecule has 0 bridgehead atoms. The van der Waals surface area contributed by atoms with E-state index in [1.165, 1.54) is 16.1 Å². The van der Waals surface area contributed by atoms with E-state index in [0.717, 1.165) is 24.0 Å². The summed E-state index contributed by atoms with van der Waals surface area (Å²) >= 11 is 7.58. The van der Waals surface area contributed by atoms with Crippen LogP contribution in [0.1, 0.15) is 10.4 Å². The maximum absolute atomic E-state index is 5.93. The van der Waals surface area contributed by atoms with Crippen molar-refractivity contribution in [1.29, 1.82) is 0 Å². The Balaban J connectivity index is 1.71. The van der Waals surface area contributed by atoms with Gasteiger partial charge in [-0.1, -0.05) is 29.3 Å². The van der Waals surface area contributed by atoms with Crippen LogP contribution in [0.15, 0.2) is 36.4 Å². The molecule has 2 rings (SSSR count). The van der Waals surface area contributed by atoms with Crippen LogP contribution in [0.25, 0.3) is 0 Å². The zero-order valence-electron chi connectivity index (χ0n) is 11.3. The quantitative estimate of drug-likeness (QED) is 0.856. The number of hydrogen-bond acceptors (Lipinski definition) is 3. The molecule has 1 heterocycles. The molecule has 1 N–H and O–H groups in total. The molecule has 1 aromatic carbocycles. The third-order valence-electron chi connectivity index (χ3n) is 2.93. The molecule has 0 radical (unpaired) electrons. The monoisotopic (exact) mass is 294 g/mol. The van der Waals surface area contributed by atoms with E-state index in [9.17, 15) is 0 Å². The SMILES string of the molecule is Cc1ccc(NCCN(C)Cc2ccc(Cl)s2)cc1. The average Bonchev–Trinajstić information content (AvgIpc) is 2.77. The van der Waals surface area contributed by atoms with Crippen molar-refractivity contribution in [3.05, 3.63) is 51.2 Å². The van der Waals surface area contributed by atoms with Gasteiger partial charge in [0.25, 0.3) is 0 Å². The summed E-state index contributed by atoms with van der Waals surface area (Å²) in [6, 6.07) is 12.5. The van der Waals surface area contributed by atoms with Gasteiger partial charge < -0.3 is 5.32 Å². The summed E-state index contributed by atoms with van der Waals surface area (Å²) in [6.45, 7) is 5.00. The molecule has 0 unspecified atom stereocenters. The second kappa shape index (κ2) is 6.94. The first-order chi connectivity index (χ1) is 9.13. The molecule has 1 aromatic heterocycles. The van der Waals surface area contributed by atoms with E-state index in [1.807, 2.05) is 6.07 Å². The maximum Gasteiger partial charge on any atom is 0.0931 e. The van der Waals surface area contributed by atoms with Crippen molar-refractivity contribution in [2.75, 3.05) is 25.5 Å². The predicted octanol–water partition coefficient (Wildman–Crippen LogP) is 4.25.